The molecule has 2 bridgehead atoms. The fourth-order valence-corrected chi connectivity index (χ4v) is 10.8. The van der Waals surface area contributed by atoms with Crippen LogP contribution in [0, 0.1) is 35.8 Å². The lowest BCUT2D eigenvalue weighted by molar-refractivity contribution is 0.107. The number of pyridine rings is 1. The van der Waals surface area contributed by atoms with Gasteiger partial charge in [0.25, 0.3) is 0 Å². The second kappa shape index (κ2) is 14.0. The van der Waals surface area contributed by atoms with Crippen LogP contribution in [0.1, 0.15) is 82.6 Å². The molecule has 11 rings (SSSR count). The molecule has 11 nitrogen and oxygen atoms in total. The number of piperidine rings is 1. The van der Waals surface area contributed by atoms with Crippen molar-refractivity contribution < 1.29 is 31.5 Å². The highest BCUT2D eigenvalue weighted by atomic mass is 19.1. The highest BCUT2D eigenvalue weighted by Gasteiger charge is 2.50. The van der Waals surface area contributed by atoms with Crippen molar-refractivity contribution in [2.75, 3.05) is 37.7 Å². The summed E-state index contributed by atoms with van der Waals surface area (Å²) in [4.78, 5) is 31.6. The monoisotopic (exact) mass is 808 g/mol. The molecule has 0 spiro atoms. The number of aromatic nitrogens is 3. The van der Waals surface area contributed by atoms with E-state index in [1.165, 1.54) is 6.07 Å². The van der Waals surface area contributed by atoms with Gasteiger partial charge in [-0.25, -0.2) is 22.9 Å². The molecule has 5 saturated heterocycles. The van der Waals surface area contributed by atoms with Crippen LogP contribution < -0.4 is 25.5 Å². The van der Waals surface area contributed by atoms with Crippen molar-refractivity contribution in [1.82, 2.24) is 25.2 Å². The van der Waals surface area contributed by atoms with Gasteiger partial charge in [-0.1, -0.05) is 39.7 Å². The number of halogens is 3. The van der Waals surface area contributed by atoms with Crippen molar-refractivity contribution in [3.63, 3.8) is 0 Å². The zero-order chi connectivity index (χ0) is 41.0. The van der Waals surface area contributed by atoms with Crippen molar-refractivity contribution in [1.29, 1.82) is 0 Å². The van der Waals surface area contributed by atoms with Crippen LogP contribution in [0.25, 0.3) is 32.9 Å². The van der Waals surface area contributed by atoms with Gasteiger partial charge in [-0.15, -0.1) is 6.42 Å². The van der Waals surface area contributed by atoms with Gasteiger partial charge in [0, 0.05) is 54.5 Å². The molecule has 308 valence electrons. The second-order valence-electron chi connectivity index (χ2n) is 18.3. The second-order valence-corrected chi connectivity index (χ2v) is 18.3. The molecule has 0 unspecified atom stereocenters. The number of fused-ring (bicyclic) bond motifs is 4. The van der Waals surface area contributed by atoms with Gasteiger partial charge in [0.2, 0.25) is 0 Å². The summed E-state index contributed by atoms with van der Waals surface area (Å²) >= 11 is 0. The number of alkyl halides is 1. The van der Waals surface area contributed by atoms with Gasteiger partial charge in [0.15, 0.2) is 17.3 Å². The zero-order valence-electron chi connectivity index (χ0n) is 33.7. The summed E-state index contributed by atoms with van der Waals surface area (Å²) in [5, 5.41) is 5.01. The van der Waals surface area contributed by atoms with Crippen LogP contribution >= 0.6 is 0 Å². The third-order valence-corrected chi connectivity index (χ3v) is 13.4. The number of ether oxygens (including phenoxy) is 2. The molecule has 3 aromatic heterocycles. The number of terminal acetylenes is 1. The maximum absolute atomic E-state index is 17.8. The van der Waals surface area contributed by atoms with Crippen LogP contribution in [0.3, 0.4) is 0 Å². The summed E-state index contributed by atoms with van der Waals surface area (Å²) in [6.07, 6.45) is 9.72. The van der Waals surface area contributed by atoms with E-state index < -0.39 is 34.6 Å². The highest BCUT2D eigenvalue weighted by molar-refractivity contribution is 6.03. The van der Waals surface area contributed by atoms with E-state index in [0.29, 0.717) is 59.9 Å². The van der Waals surface area contributed by atoms with Crippen LogP contribution in [-0.2, 0) is 18.4 Å². The van der Waals surface area contributed by atoms with Crippen LogP contribution in [-0.4, -0.2) is 76.4 Å². The lowest BCUT2D eigenvalue weighted by atomic mass is 9.83. The molecular formula is C45H47F3N6O5. The van der Waals surface area contributed by atoms with E-state index in [1.54, 1.807) is 18.2 Å². The quantitative estimate of drug-likeness (QED) is 0.168. The van der Waals surface area contributed by atoms with Gasteiger partial charge in [-0.05, 0) is 74.1 Å². The Morgan fingerprint density at radius 1 is 1.08 bits per heavy atom. The predicted molar refractivity (Wildman–Crippen MR) is 215 cm³/mol. The van der Waals surface area contributed by atoms with Gasteiger partial charge in [-0.3, -0.25) is 4.90 Å². The molecule has 5 fully saturated rings. The Labute approximate surface area is 339 Å². The fourth-order valence-electron chi connectivity index (χ4n) is 10.8. The van der Waals surface area contributed by atoms with Crippen molar-refractivity contribution in [3.8, 4) is 35.4 Å². The molecule has 0 saturated carbocycles. The summed E-state index contributed by atoms with van der Waals surface area (Å²) < 4.78 is 71.6. The largest absolute Gasteiger partial charge is 0.519 e. The first-order chi connectivity index (χ1) is 28.3. The van der Waals surface area contributed by atoms with Gasteiger partial charge >= 0.3 is 11.8 Å². The molecule has 0 radical (unpaired) electrons. The molecule has 6 aliphatic heterocycles. The van der Waals surface area contributed by atoms with E-state index >= 15 is 8.78 Å². The van der Waals surface area contributed by atoms with E-state index in [1.807, 2.05) is 20.8 Å². The minimum Gasteiger partial charge on any atom is -0.485 e. The molecule has 5 aromatic rings. The Bertz CT molecular complexity index is 2610. The van der Waals surface area contributed by atoms with Gasteiger partial charge < -0.3 is 28.5 Å². The molecule has 0 aliphatic carbocycles. The van der Waals surface area contributed by atoms with E-state index in [0.717, 1.165) is 38.8 Å². The first-order valence-corrected chi connectivity index (χ1v) is 20.7. The number of rotatable bonds is 7. The van der Waals surface area contributed by atoms with Crippen LogP contribution in [0.15, 0.2) is 37.9 Å². The Balaban J connectivity index is 1.15. The standard InChI is InChI=1S/C45H47F3N6O5/c1-6-29-31(47)11-9-24-15-28(56-21-33-40(44(3,4)5)59-43(55)58-33)16-30(34(24)29)37-36(48)38-35-32(50-37)14-23(2)39-25-8-10-27(49-18-25)20-54(39)41(35)52-42(51-38)57-22-45-12-7-13-53(45)19-26(46)17-45/h1,9,11,15-16,23,25-27,39,49H,7-8,10,12-14,17-22H2,2-5H3/t23-,25-,26+,27+,39-,45-/m0/s1. The maximum atomic E-state index is 17.8. The van der Waals surface area contributed by atoms with Crippen molar-refractivity contribution >= 4 is 27.5 Å². The lowest BCUT2D eigenvalue weighted by Gasteiger charge is -2.37. The lowest BCUT2D eigenvalue weighted by Crippen LogP contribution is -2.45. The molecule has 6 aliphatic rings. The molecule has 6 atom stereocenters. The Morgan fingerprint density at radius 3 is 2.71 bits per heavy atom. The van der Waals surface area contributed by atoms with E-state index in [4.69, 9.17) is 39.7 Å². The molecule has 0 amide bonds. The van der Waals surface area contributed by atoms with Gasteiger partial charge in [-0.2, -0.15) is 9.97 Å². The summed E-state index contributed by atoms with van der Waals surface area (Å²) in [6, 6.07) is 6.44. The number of hydrogen-bond acceptors (Lipinski definition) is 11. The minimum absolute atomic E-state index is 0.0180. The average Bonchev–Trinajstić information content (AvgIpc) is 3.76. The number of nitrogens with zero attached hydrogens (tertiary/aromatic N) is 5. The normalized spacial score (nSPS) is 26.5. The van der Waals surface area contributed by atoms with Crippen LogP contribution in [0.2, 0.25) is 0 Å². The Kier molecular flexibility index (Phi) is 9.03. The number of benzene rings is 2. The summed E-state index contributed by atoms with van der Waals surface area (Å²) in [7, 11) is 0. The third-order valence-electron chi connectivity index (χ3n) is 13.4. The minimum atomic E-state index is -0.942. The number of hydrogen-bond donors (Lipinski definition) is 1. The van der Waals surface area contributed by atoms with Gasteiger partial charge in [0.1, 0.15) is 48.0 Å². The molecule has 2 aromatic carbocycles. The summed E-state index contributed by atoms with van der Waals surface area (Å²) in [5.41, 5.74) is -0.281. The SMILES string of the molecule is C#Cc1c(F)ccc2cc(OCc3oc(=O)oc3C(C)(C)C)cc(-c3nc4c5c(nc(OC[C@@]67CCCN6C[C@H](F)C7)nc5c3F)N3C[C@H]5CC[C@@H](CN5)[C@@H]3[C@@H](C)C4)c12. The van der Waals surface area contributed by atoms with E-state index in [2.05, 4.69) is 28.0 Å². The van der Waals surface area contributed by atoms with Crippen molar-refractivity contribution in [2.24, 2.45) is 11.8 Å². The predicted octanol–water partition coefficient (Wildman–Crippen LogP) is 7.23. The topological polar surface area (TPSA) is 119 Å². The average molecular weight is 809 g/mol. The Hall–Kier alpha value is -5.13. The summed E-state index contributed by atoms with van der Waals surface area (Å²) in [6.45, 7) is 10.6. The van der Waals surface area contributed by atoms with Crippen LogP contribution in [0.4, 0.5) is 19.0 Å². The molecule has 59 heavy (non-hydrogen) atoms. The third kappa shape index (κ3) is 6.34. The molecule has 1 N–H and O–H groups in total. The molecule has 14 heteroatoms. The Morgan fingerprint density at radius 2 is 1.93 bits per heavy atom. The number of nitrogens with one attached hydrogen (secondary N) is 1. The van der Waals surface area contributed by atoms with Crippen molar-refractivity contribution in [2.45, 2.75) is 102 Å². The van der Waals surface area contributed by atoms with Crippen molar-refractivity contribution in [3.05, 3.63) is 69.3 Å². The summed E-state index contributed by atoms with van der Waals surface area (Å²) in [5.74, 6) is 2.10. The van der Waals surface area contributed by atoms with Gasteiger partial charge in [0.05, 0.1) is 22.2 Å². The zero-order valence-corrected chi connectivity index (χ0v) is 33.7. The molecule has 9 heterocycles. The maximum Gasteiger partial charge on any atom is 0.519 e. The fraction of sp³-hybridized carbons (Fsp3) is 0.511. The smallest absolute Gasteiger partial charge is 0.485 e. The highest BCUT2D eigenvalue weighted by Crippen LogP contribution is 2.46. The first-order valence-electron chi connectivity index (χ1n) is 20.7. The first kappa shape index (κ1) is 38.1. The van der Waals surface area contributed by atoms with E-state index in [-0.39, 0.29) is 76.5 Å². The molecular weight excluding hydrogens is 762 g/mol. The van der Waals surface area contributed by atoms with E-state index in [9.17, 15) is 9.18 Å². The number of anilines is 1. The van der Waals surface area contributed by atoms with Crippen LogP contribution in [0.5, 0.6) is 11.8 Å².